The number of nitrogens with one attached hydrogen (secondary N) is 3. The SMILES string of the molecule is COC(=O)Nc1ccc(-c2cc([C@H](CC3CCN(C(C)=O)C3)NC(=O)/C=C/c3cc(Cl)ccc3-n3cnnn3)n[nH]c2=O)cc1. The van der Waals surface area contributed by atoms with Crippen LogP contribution in [0.1, 0.15) is 37.1 Å². The summed E-state index contributed by atoms with van der Waals surface area (Å²) in [6.07, 6.45) is 5.06. The summed E-state index contributed by atoms with van der Waals surface area (Å²) >= 11 is 6.22. The van der Waals surface area contributed by atoms with Crippen molar-refractivity contribution in [2.45, 2.75) is 25.8 Å². The Labute approximate surface area is 262 Å². The number of anilines is 1. The maximum Gasteiger partial charge on any atom is 0.411 e. The van der Waals surface area contributed by atoms with Crippen molar-refractivity contribution in [3.63, 3.8) is 0 Å². The van der Waals surface area contributed by atoms with Gasteiger partial charge in [0.2, 0.25) is 11.8 Å². The van der Waals surface area contributed by atoms with Crippen molar-refractivity contribution in [3.05, 3.63) is 87.6 Å². The minimum atomic E-state index is -0.614. The van der Waals surface area contributed by atoms with Crippen LogP contribution in [0.25, 0.3) is 22.9 Å². The number of nitrogens with zero attached hydrogens (tertiary/aromatic N) is 6. The maximum atomic E-state index is 13.3. The first-order valence-corrected chi connectivity index (χ1v) is 14.4. The van der Waals surface area contributed by atoms with E-state index >= 15 is 0 Å². The molecule has 4 aromatic rings. The van der Waals surface area contributed by atoms with E-state index < -0.39 is 23.6 Å². The molecule has 2 aromatic heterocycles. The van der Waals surface area contributed by atoms with Gasteiger partial charge in [0.15, 0.2) is 0 Å². The predicted molar refractivity (Wildman–Crippen MR) is 165 cm³/mol. The number of carbonyl (C=O) groups is 3. The highest BCUT2D eigenvalue weighted by Crippen LogP contribution is 2.29. The topological polar surface area (TPSA) is 177 Å². The molecule has 15 heteroatoms. The average molecular weight is 632 g/mol. The van der Waals surface area contributed by atoms with E-state index in [0.29, 0.717) is 58.3 Å². The van der Waals surface area contributed by atoms with Crippen molar-refractivity contribution in [1.82, 2.24) is 40.6 Å². The average Bonchev–Trinajstić information content (AvgIpc) is 3.74. The van der Waals surface area contributed by atoms with E-state index in [1.54, 1.807) is 59.5 Å². The van der Waals surface area contributed by atoms with Crippen LogP contribution in [0.15, 0.2) is 65.7 Å². The second-order valence-electron chi connectivity index (χ2n) is 10.4. The number of methoxy groups -OCH3 is 1. The van der Waals surface area contributed by atoms with Crippen LogP contribution in [0.3, 0.4) is 0 Å². The molecule has 232 valence electrons. The third kappa shape index (κ3) is 7.78. The van der Waals surface area contributed by atoms with E-state index in [0.717, 1.165) is 6.42 Å². The highest BCUT2D eigenvalue weighted by molar-refractivity contribution is 6.30. The second kappa shape index (κ2) is 13.9. The Hall–Kier alpha value is -5.37. The van der Waals surface area contributed by atoms with Gasteiger partial charge in [0, 0.05) is 42.4 Å². The normalized spacial score (nSPS) is 15.2. The summed E-state index contributed by atoms with van der Waals surface area (Å²) in [6, 6.07) is 12.8. The molecule has 3 amide bonds. The summed E-state index contributed by atoms with van der Waals surface area (Å²) in [5.41, 5.74) is 2.68. The zero-order valence-corrected chi connectivity index (χ0v) is 25.2. The van der Waals surface area contributed by atoms with Gasteiger partial charge < -0.3 is 15.0 Å². The number of aromatic nitrogens is 6. The van der Waals surface area contributed by atoms with Gasteiger partial charge in [0.1, 0.15) is 6.33 Å². The van der Waals surface area contributed by atoms with E-state index in [-0.39, 0.29) is 11.8 Å². The first-order valence-electron chi connectivity index (χ1n) is 14.0. The van der Waals surface area contributed by atoms with Gasteiger partial charge in [-0.1, -0.05) is 23.7 Å². The molecule has 1 aliphatic rings. The quantitative estimate of drug-likeness (QED) is 0.234. The lowest BCUT2D eigenvalue weighted by Crippen LogP contribution is -2.31. The third-order valence-corrected chi connectivity index (χ3v) is 7.66. The summed E-state index contributed by atoms with van der Waals surface area (Å²) in [4.78, 5) is 51.4. The third-order valence-electron chi connectivity index (χ3n) is 7.42. The van der Waals surface area contributed by atoms with Crippen LogP contribution in [0.2, 0.25) is 5.02 Å². The molecule has 1 fully saturated rings. The van der Waals surface area contributed by atoms with Crippen molar-refractivity contribution in [2.24, 2.45) is 5.92 Å². The van der Waals surface area contributed by atoms with Crippen molar-refractivity contribution in [2.75, 3.05) is 25.5 Å². The summed E-state index contributed by atoms with van der Waals surface area (Å²) < 4.78 is 6.08. The Balaban J connectivity index is 1.41. The van der Waals surface area contributed by atoms with Crippen LogP contribution in [-0.4, -0.2) is 73.4 Å². The summed E-state index contributed by atoms with van der Waals surface area (Å²) in [7, 11) is 1.27. The largest absolute Gasteiger partial charge is 0.453 e. The van der Waals surface area contributed by atoms with Gasteiger partial charge in [-0.15, -0.1) is 5.10 Å². The summed E-state index contributed by atoms with van der Waals surface area (Å²) in [5, 5.41) is 24.2. The first-order chi connectivity index (χ1) is 21.7. The molecule has 5 rings (SSSR count). The van der Waals surface area contributed by atoms with E-state index in [1.165, 1.54) is 31.1 Å². The van der Waals surface area contributed by atoms with Crippen LogP contribution in [-0.2, 0) is 14.3 Å². The minimum absolute atomic E-state index is 0.00415. The fourth-order valence-corrected chi connectivity index (χ4v) is 5.32. The van der Waals surface area contributed by atoms with Gasteiger partial charge in [0.05, 0.1) is 30.1 Å². The molecule has 0 spiro atoms. The molecule has 1 aliphatic heterocycles. The van der Waals surface area contributed by atoms with Crippen molar-refractivity contribution < 1.29 is 19.1 Å². The second-order valence-corrected chi connectivity index (χ2v) is 10.9. The summed E-state index contributed by atoms with van der Waals surface area (Å²) in [5.74, 6) is -0.309. The van der Waals surface area contributed by atoms with Crippen LogP contribution in [0, 0.1) is 5.92 Å². The molecular weight excluding hydrogens is 602 g/mol. The zero-order chi connectivity index (χ0) is 31.9. The Morgan fingerprint density at radius 2 is 1.98 bits per heavy atom. The van der Waals surface area contributed by atoms with Crippen LogP contribution >= 0.6 is 11.6 Å². The standard InChI is InChI=1S/C30H30ClN9O5/c1-18(41)39-12-11-19(16-39)13-25(34-28(42)10-5-21-14-22(31)6-9-27(21)40-17-32-37-38-40)26-15-24(29(43)36-35-26)20-3-7-23(8-4-20)33-30(44)45-2/h3-10,14-15,17,19,25H,11-13,16H2,1-2H3,(H,33,44)(H,34,42)(H,36,43)/b10-5+/t19?,25-/m0/s1. The maximum absolute atomic E-state index is 13.3. The smallest absolute Gasteiger partial charge is 0.411 e. The fourth-order valence-electron chi connectivity index (χ4n) is 5.14. The number of halogens is 1. The molecule has 3 N–H and O–H groups in total. The number of carbonyl (C=O) groups excluding carboxylic acids is 3. The predicted octanol–water partition coefficient (Wildman–Crippen LogP) is 3.37. The molecule has 45 heavy (non-hydrogen) atoms. The van der Waals surface area contributed by atoms with Crippen LogP contribution in [0.5, 0.6) is 0 Å². The Morgan fingerprint density at radius 3 is 2.67 bits per heavy atom. The van der Waals surface area contributed by atoms with E-state index in [2.05, 4.69) is 41.1 Å². The molecule has 1 saturated heterocycles. The number of likely N-dealkylation sites (tertiary alicyclic amines) is 1. The molecule has 1 unspecified atom stereocenters. The van der Waals surface area contributed by atoms with Crippen LogP contribution in [0.4, 0.5) is 10.5 Å². The van der Waals surface area contributed by atoms with Crippen LogP contribution < -0.4 is 16.2 Å². The van der Waals surface area contributed by atoms with Gasteiger partial charge >= 0.3 is 6.09 Å². The molecule has 3 heterocycles. The first kappa shape index (κ1) is 31.1. The molecule has 14 nitrogen and oxygen atoms in total. The lowest BCUT2D eigenvalue weighted by atomic mass is 9.95. The Morgan fingerprint density at radius 1 is 1.18 bits per heavy atom. The molecule has 0 radical (unpaired) electrons. The summed E-state index contributed by atoms with van der Waals surface area (Å²) in [6.45, 7) is 2.72. The van der Waals surface area contributed by atoms with E-state index in [9.17, 15) is 19.2 Å². The number of amides is 3. The number of tetrazole rings is 1. The highest BCUT2D eigenvalue weighted by Gasteiger charge is 2.29. The van der Waals surface area contributed by atoms with Crippen molar-refractivity contribution in [3.8, 4) is 16.8 Å². The number of ether oxygens (including phenoxy) is 1. The molecule has 2 aromatic carbocycles. The minimum Gasteiger partial charge on any atom is -0.453 e. The molecule has 0 saturated carbocycles. The van der Waals surface area contributed by atoms with E-state index in [4.69, 9.17) is 11.6 Å². The fraction of sp³-hybridized carbons (Fsp3) is 0.267. The molecule has 0 bridgehead atoms. The molecule has 2 atom stereocenters. The van der Waals surface area contributed by atoms with Crippen molar-refractivity contribution >= 4 is 41.3 Å². The highest BCUT2D eigenvalue weighted by atomic mass is 35.5. The monoisotopic (exact) mass is 631 g/mol. The number of aromatic amines is 1. The van der Waals surface area contributed by atoms with E-state index in [1.807, 2.05) is 0 Å². The van der Waals surface area contributed by atoms with Gasteiger partial charge in [-0.2, -0.15) is 9.78 Å². The number of H-pyrrole nitrogens is 1. The molecular formula is C30H30ClN9O5. The van der Waals surface area contributed by atoms with Gasteiger partial charge in [0.25, 0.3) is 5.56 Å². The van der Waals surface area contributed by atoms with Gasteiger partial charge in [-0.25, -0.2) is 9.89 Å². The number of rotatable bonds is 9. The zero-order valence-electron chi connectivity index (χ0n) is 24.4. The number of hydrogen-bond acceptors (Lipinski definition) is 9. The number of benzene rings is 2. The Bertz CT molecular complexity index is 1770. The Kier molecular flexibility index (Phi) is 9.63. The van der Waals surface area contributed by atoms with Gasteiger partial charge in [-0.05, 0) is 77.2 Å². The lowest BCUT2D eigenvalue weighted by Gasteiger charge is -2.22. The van der Waals surface area contributed by atoms with Gasteiger partial charge in [-0.3, -0.25) is 19.7 Å². The van der Waals surface area contributed by atoms with Crippen molar-refractivity contribution in [1.29, 1.82) is 0 Å². The molecule has 0 aliphatic carbocycles. The lowest BCUT2D eigenvalue weighted by molar-refractivity contribution is -0.128. The number of hydrogen-bond donors (Lipinski definition) is 3.